The van der Waals surface area contributed by atoms with E-state index in [2.05, 4.69) is 9.47 Å². The molecule has 0 radical (unpaired) electrons. The van der Waals surface area contributed by atoms with Gasteiger partial charge in [-0.15, -0.1) is 23.2 Å². The Kier molecular flexibility index (Phi) is 7.83. The fraction of sp³-hybridized carbons (Fsp3) is 0.714. The number of hydrogen-bond acceptors (Lipinski definition) is 4. The third kappa shape index (κ3) is 7.87. The highest BCUT2D eigenvalue weighted by atomic mass is 35.5. The average molecular weight is 229 g/mol. The van der Waals surface area contributed by atoms with E-state index in [9.17, 15) is 9.59 Å². The van der Waals surface area contributed by atoms with Crippen LogP contribution in [-0.2, 0) is 19.1 Å². The number of rotatable bonds is 6. The Hall–Kier alpha value is -0.480. The van der Waals surface area contributed by atoms with Crippen molar-refractivity contribution in [3.05, 3.63) is 0 Å². The molecule has 0 unspecified atom stereocenters. The Morgan fingerprint density at radius 1 is 0.923 bits per heavy atom. The van der Waals surface area contributed by atoms with Crippen molar-refractivity contribution in [2.24, 2.45) is 0 Å². The van der Waals surface area contributed by atoms with Crippen molar-refractivity contribution in [3.8, 4) is 0 Å². The molecule has 0 aliphatic heterocycles. The highest BCUT2D eigenvalue weighted by Gasteiger charge is 2.10. The number of carbonyl (C=O) groups excluding carboxylic acids is 2. The van der Waals surface area contributed by atoms with Gasteiger partial charge in [0.05, 0.1) is 11.8 Å². The number of ether oxygens (including phenoxy) is 2. The van der Waals surface area contributed by atoms with Gasteiger partial charge in [-0.05, 0) is 0 Å². The predicted molar refractivity (Wildman–Crippen MR) is 48.0 cm³/mol. The van der Waals surface area contributed by atoms with Gasteiger partial charge in [-0.25, -0.2) is 0 Å². The van der Waals surface area contributed by atoms with Gasteiger partial charge in [0.15, 0.2) is 0 Å². The molecule has 0 spiro atoms. The molecule has 6 heteroatoms. The number of halogens is 2. The molecule has 0 heterocycles. The van der Waals surface area contributed by atoms with Crippen LogP contribution in [-0.4, -0.2) is 36.9 Å². The van der Waals surface area contributed by atoms with Crippen molar-refractivity contribution in [1.82, 2.24) is 0 Å². The van der Waals surface area contributed by atoms with Crippen molar-refractivity contribution in [2.75, 3.05) is 25.0 Å². The van der Waals surface area contributed by atoms with Crippen molar-refractivity contribution < 1.29 is 19.1 Å². The minimum absolute atomic E-state index is 0.100. The van der Waals surface area contributed by atoms with Crippen LogP contribution < -0.4 is 0 Å². The summed E-state index contributed by atoms with van der Waals surface area (Å²) in [5.74, 6) is -0.856. The van der Waals surface area contributed by atoms with Crippen molar-refractivity contribution >= 4 is 35.1 Å². The molecule has 0 saturated carbocycles. The predicted octanol–water partition coefficient (Wildman–Crippen LogP) is 0.940. The maximum atomic E-state index is 10.8. The molecule has 0 bridgehead atoms. The van der Waals surface area contributed by atoms with Gasteiger partial charge in [-0.3, -0.25) is 9.59 Å². The summed E-state index contributed by atoms with van der Waals surface area (Å²) in [6, 6.07) is 0. The molecular formula is C7H10Cl2O4. The van der Waals surface area contributed by atoms with Gasteiger partial charge in [-0.2, -0.15) is 0 Å². The van der Waals surface area contributed by atoms with Crippen LogP contribution in [0.2, 0.25) is 0 Å². The van der Waals surface area contributed by atoms with Gasteiger partial charge < -0.3 is 9.47 Å². The molecule has 76 valence electrons. The fourth-order valence-corrected chi connectivity index (χ4v) is 0.679. The van der Waals surface area contributed by atoms with Gasteiger partial charge in [0.25, 0.3) is 0 Å². The normalized spacial score (nSPS) is 9.38. The minimum atomic E-state index is -0.639. The van der Waals surface area contributed by atoms with Crippen LogP contribution in [0.4, 0.5) is 0 Å². The monoisotopic (exact) mass is 228 g/mol. The molecule has 13 heavy (non-hydrogen) atoms. The van der Waals surface area contributed by atoms with E-state index in [4.69, 9.17) is 23.2 Å². The smallest absolute Gasteiger partial charge is 0.317 e. The molecule has 0 rings (SSSR count). The second-order valence-electron chi connectivity index (χ2n) is 2.00. The molecule has 0 fully saturated rings. The third-order valence-electron chi connectivity index (χ3n) is 0.969. The Balaban J connectivity index is 3.47. The summed E-state index contributed by atoms with van der Waals surface area (Å²) in [5, 5.41) is 0. The van der Waals surface area contributed by atoms with E-state index in [0.29, 0.717) is 0 Å². The summed E-state index contributed by atoms with van der Waals surface area (Å²) in [4.78, 5) is 21.5. The highest BCUT2D eigenvalue weighted by Crippen LogP contribution is 1.92. The summed E-state index contributed by atoms with van der Waals surface area (Å²) >= 11 is 10.5. The van der Waals surface area contributed by atoms with Gasteiger partial charge in [0, 0.05) is 0 Å². The summed E-state index contributed by atoms with van der Waals surface area (Å²) < 4.78 is 9.07. The van der Waals surface area contributed by atoms with Gasteiger partial charge >= 0.3 is 11.9 Å². The molecule has 0 aromatic heterocycles. The lowest BCUT2D eigenvalue weighted by molar-refractivity contribution is -0.153. The first-order valence-electron chi connectivity index (χ1n) is 3.64. The largest absolute Gasteiger partial charge is 0.464 e. The first-order chi connectivity index (χ1) is 6.20. The Labute approximate surface area is 86.1 Å². The lowest BCUT2D eigenvalue weighted by Gasteiger charge is -2.02. The van der Waals surface area contributed by atoms with Crippen LogP contribution in [0, 0.1) is 0 Å². The maximum Gasteiger partial charge on any atom is 0.317 e. The molecule has 0 aromatic carbocycles. The summed E-state index contributed by atoms with van der Waals surface area (Å²) in [6.45, 7) is 0.201. The number of esters is 2. The van der Waals surface area contributed by atoms with E-state index in [1.165, 1.54) is 0 Å². The van der Waals surface area contributed by atoms with Gasteiger partial charge in [0.1, 0.15) is 19.6 Å². The topological polar surface area (TPSA) is 52.6 Å². The number of hydrogen-bond donors (Lipinski definition) is 0. The van der Waals surface area contributed by atoms with Gasteiger partial charge in [-0.1, -0.05) is 0 Å². The van der Waals surface area contributed by atoms with E-state index in [-0.39, 0.29) is 25.0 Å². The lowest BCUT2D eigenvalue weighted by Crippen LogP contribution is -2.15. The molecular weight excluding hydrogens is 219 g/mol. The number of alkyl halides is 2. The highest BCUT2D eigenvalue weighted by molar-refractivity contribution is 6.18. The Morgan fingerprint density at radius 2 is 1.31 bits per heavy atom. The SMILES string of the molecule is O=C(CC(=O)OCCCl)OCCCl. The van der Waals surface area contributed by atoms with Crippen LogP contribution in [0.1, 0.15) is 6.42 Å². The zero-order valence-electron chi connectivity index (χ0n) is 6.92. The van der Waals surface area contributed by atoms with Crippen LogP contribution >= 0.6 is 23.2 Å². The lowest BCUT2D eigenvalue weighted by atomic mass is 10.4. The standard InChI is InChI=1S/C7H10Cl2O4/c8-1-3-12-6(10)5-7(11)13-4-2-9/h1-5H2. The van der Waals surface area contributed by atoms with Crippen molar-refractivity contribution in [2.45, 2.75) is 6.42 Å². The van der Waals surface area contributed by atoms with E-state index in [0.717, 1.165) is 0 Å². The third-order valence-corrected chi connectivity index (χ3v) is 1.28. The second kappa shape index (κ2) is 8.13. The van der Waals surface area contributed by atoms with E-state index < -0.39 is 18.4 Å². The molecule has 4 nitrogen and oxygen atoms in total. The van der Waals surface area contributed by atoms with Crippen LogP contribution in [0.5, 0.6) is 0 Å². The fourth-order valence-electron chi connectivity index (χ4n) is 0.525. The summed E-state index contributed by atoms with van der Waals surface area (Å²) in [6.07, 6.45) is -0.395. The molecule has 0 amide bonds. The quantitative estimate of drug-likeness (QED) is 0.386. The van der Waals surface area contributed by atoms with Crippen molar-refractivity contribution in [3.63, 3.8) is 0 Å². The van der Waals surface area contributed by atoms with Crippen LogP contribution in [0.25, 0.3) is 0 Å². The second-order valence-corrected chi connectivity index (χ2v) is 2.75. The zero-order chi connectivity index (χ0) is 10.1. The molecule has 0 aliphatic rings. The number of carbonyl (C=O) groups is 2. The Bertz CT molecular complexity index is 154. The van der Waals surface area contributed by atoms with Gasteiger partial charge in [0.2, 0.25) is 0 Å². The maximum absolute atomic E-state index is 10.8. The van der Waals surface area contributed by atoms with E-state index in [1.54, 1.807) is 0 Å². The van der Waals surface area contributed by atoms with Crippen LogP contribution in [0.15, 0.2) is 0 Å². The first kappa shape index (κ1) is 12.5. The van der Waals surface area contributed by atoms with E-state index in [1.807, 2.05) is 0 Å². The molecule has 0 N–H and O–H groups in total. The molecule has 0 atom stereocenters. The molecule has 0 aromatic rings. The first-order valence-corrected chi connectivity index (χ1v) is 4.70. The molecule has 0 saturated heterocycles. The summed E-state index contributed by atoms with van der Waals surface area (Å²) in [7, 11) is 0. The minimum Gasteiger partial charge on any atom is -0.464 e. The van der Waals surface area contributed by atoms with Crippen molar-refractivity contribution in [1.29, 1.82) is 0 Å². The average Bonchev–Trinajstić information content (AvgIpc) is 2.11. The Morgan fingerprint density at radius 3 is 1.62 bits per heavy atom. The summed E-state index contributed by atoms with van der Waals surface area (Å²) in [5.41, 5.74) is 0. The van der Waals surface area contributed by atoms with E-state index >= 15 is 0 Å². The van der Waals surface area contributed by atoms with Crippen LogP contribution in [0.3, 0.4) is 0 Å². The zero-order valence-corrected chi connectivity index (χ0v) is 8.44. The molecule has 0 aliphatic carbocycles.